The maximum absolute atomic E-state index is 2.28. The third kappa shape index (κ3) is 22.7. The fourth-order valence-electron chi connectivity index (χ4n) is 1.80. The molecule has 0 saturated heterocycles. The summed E-state index contributed by atoms with van der Waals surface area (Å²) >= 11 is 0. The van der Waals surface area contributed by atoms with Gasteiger partial charge in [0.05, 0.1) is 0 Å². The fourth-order valence-corrected chi connectivity index (χ4v) is 1.80. The predicted octanol–water partition coefficient (Wildman–Crippen LogP) is 5.52. The molecular formula is C14H32. The second-order valence-corrected chi connectivity index (χ2v) is 6.34. The first kappa shape index (κ1) is 16.4. The van der Waals surface area contributed by atoms with E-state index >= 15 is 0 Å². The first-order valence-electron chi connectivity index (χ1n) is 6.19. The zero-order valence-corrected chi connectivity index (χ0v) is 11.8. The molecule has 0 fully saturated rings. The molecule has 0 heterocycles. The Morgan fingerprint density at radius 3 is 1.29 bits per heavy atom. The van der Waals surface area contributed by atoms with Crippen molar-refractivity contribution < 1.29 is 0 Å². The molecule has 0 aromatic rings. The van der Waals surface area contributed by atoms with Crippen LogP contribution in [0.5, 0.6) is 0 Å². The van der Waals surface area contributed by atoms with E-state index in [4.69, 9.17) is 0 Å². The summed E-state index contributed by atoms with van der Waals surface area (Å²) in [6, 6.07) is 0. The molecule has 0 bridgehead atoms. The van der Waals surface area contributed by atoms with Crippen LogP contribution in [0.25, 0.3) is 0 Å². The highest BCUT2D eigenvalue weighted by molar-refractivity contribution is 4.62. The van der Waals surface area contributed by atoms with Gasteiger partial charge in [-0.05, 0) is 23.7 Å². The topological polar surface area (TPSA) is 0 Å². The number of hydrogen-bond donors (Lipinski definition) is 0. The summed E-state index contributed by atoms with van der Waals surface area (Å²) in [6.45, 7) is 18.1. The Kier molecular flexibility index (Phi) is 9.76. The summed E-state index contributed by atoms with van der Waals surface area (Å²) in [5.41, 5.74) is 0.522. The lowest BCUT2D eigenvalue weighted by atomic mass is 9.86. The Labute approximate surface area is 92.5 Å². The summed E-state index contributed by atoms with van der Waals surface area (Å²) in [5.74, 6) is 1.74. The van der Waals surface area contributed by atoms with E-state index in [0.717, 1.165) is 11.8 Å². The Balaban J connectivity index is 0. The van der Waals surface area contributed by atoms with Crippen molar-refractivity contribution in [2.24, 2.45) is 17.3 Å². The standard InChI is InChI=1S/C8H18.C6H14/c1-7(2)6-8(3,4)5;1-4-5-6(2)3/h7H,6H2,1-5H3;6H,4-5H2,1-3H3. The van der Waals surface area contributed by atoms with Crippen molar-refractivity contribution in [2.45, 2.75) is 74.7 Å². The van der Waals surface area contributed by atoms with Gasteiger partial charge in [-0.1, -0.05) is 68.2 Å². The van der Waals surface area contributed by atoms with E-state index in [2.05, 4.69) is 55.4 Å². The van der Waals surface area contributed by atoms with Crippen LogP contribution < -0.4 is 0 Å². The van der Waals surface area contributed by atoms with Gasteiger partial charge in [0.2, 0.25) is 0 Å². The minimum Gasteiger partial charge on any atom is -0.0654 e. The highest BCUT2D eigenvalue weighted by Gasteiger charge is 2.11. The molecule has 0 saturated carbocycles. The molecule has 0 aliphatic heterocycles. The van der Waals surface area contributed by atoms with Gasteiger partial charge in [0, 0.05) is 0 Å². The SMILES string of the molecule is CC(C)CC(C)(C)C.CCCC(C)C. The van der Waals surface area contributed by atoms with E-state index in [9.17, 15) is 0 Å². The van der Waals surface area contributed by atoms with E-state index < -0.39 is 0 Å². The molecule has 0 rings (SSSR count). The van der Waals surface area contributed by atoms with Crippen LogP contribution in [-0.2, 0) is 0 Å². The average molecular weight is 200 g/mol. The molecule has 0 amide bonds. The Morgan fingerprint density at radius 2 is 1.29 bits per heavy atom. The van der Waals surface area contributed by atoms with E-state index in [0.29, 0.717) is 5.41 Å². The van der Waals surface area contributed by atoms with Gasteiger partial charge in [0.1, 0.15) is 0 Å². The third-order valence-corrected chi connectivity index (χ3v) is 1.89. The largest absolute Gasteiger partial charge is 0.0654 e. The van der Waals surface area contributed by atoms with Crippen molar-refractivity contribution >= 4 is 0 Å². The van der Waals surface area contributed by atoms with Gasteiger partial charge in [-0.2, -0.15) is 0 Å². The van der Waals surface area contributed by atoms with Crippen LogP contribution in [0.15, 0.2) is 0 Å². The molecule has 0 N–H and O–H groups in total. The summed E-state index contributed by atoms with van der Waals surface area (Å²) in [5, 5.41) is 0. The lowest BCUT2D eigenvalue weighted by Crippen LogP contribution is -2.08. The van der Waals surface area contributed by atoms with Crippen LogP contribution in [0, 0.1) is 17.3 Å². The quantitative estimate of drug-likeness (QED) is 0.562. The van der Waals surface area contributed by atoms with E-state index in [1.165, 1.54) is 19.3 Å². The normalized spacial score (nSPS) is 11.6. The van der Waals surface area contributed by atoms with E-state index in [-0.39, 0.29) is 0 Å². The minimum absolute atomic E-state index is 0.522. The first-order valence-corrected chi connectivity index (χ1v) is 6.19. The molecule has 0 nitrogen and oxygen atoms in total. The molecule has 88 valence electrons. The summed E-state index contributed by atoms with van der Waals surface area (Å²) in [4.78, 5) is 0. The predicted molar refractivity (Wildman–Crippen MR) is 68.7 cm³/mol. The number of hydrogen-bond acceptors (Lipinski definition) is 0. The summed E-state index contributed by atoms with van der Waals surface area (Å²) in [7, 11) is 0. The maximum Gasteiger partial charge on any atom is -0.0380 e. The third-order valence-electron chi connectivity index (χ3n) is 1.89. The van der Waals surface area contributed by atoms with Crippen molar-refractivity contribution in [1.82, 2.24) is 0 Å². The molecule has 0 aromatic heterocycles. The summed E-state index contributed by atoms with van der Waals surface area (Å²) < 4.78 is 0. The van der Waals surface area contributed by atoms with Gasteiger partial charge >= 0.3 is 0 Å². The van der Waals surface area contributed by atoms with Crippen LogP contribution in [0.1, 0.15) is 74.7 Å². The second kappa shape index (κ2) is 8.32. The van der Waals surface area contributed by atoms with Crippen molar-refractivity contribution in [1.29, 1.82) is 0 Å². The van der Waals surface area contributed by atoms with Gasteiger partial charge < -0.3 is 0 Å². The van der Waals surface area contributed by atoms with Gasteiger partial charge in [-0.25, -0.2) is 0 Å². The lowest BCUT2D eigenvalue weighted by Gasteiger charge is -2.19. The molecule has 14 heavy (non-hydrogen) atoms. The first-order chi connectivity index (χ1) is 6.19. The fraction of sp³-hybridized carbons (Fsp3) is 1.00. The molecular weight excluding hydrogens is 168 g/mol. The van der Waals surface area contributed by atoms with Crippen LogP contribution in [-0.4, -0.2) is 0 Å². The van der Waals surface area contributed by atoms with Crippen LogP contribution >= 0.6 is 0 Å². The van der Waals surface area contributed by atoms with E-state index in [1.807, 2.05) is 0 Å². The zero-order valence-electron chi connectivity index (χ0n) is 11.8. The Bertz CT molecular complexity index is 104. The Hall–Kier alpha value is 0. The molecule has 0 radical (unpaired) electrons. The van der Waals surface area contributed by atoms with Gasteiger partial charge in [-0.15, -0.1) is 0 Å². The van der Waals surface area contributed by atoms with Crippen molar-refractivity contribution in [3.8, 4) is 0 Å². The second-order valence-electron chi connectivity index (χ2n) is 6.34. The molecule has 0 aromatic carbocycles. The van der Waals surface area contributed by atoms with Crippen LogP contribution in [0.4, 0.5) is 0 Å². The zero-order chi connectivity index (χ0) is 11.8. The number of rotatable bonds is 3. The molecule has 0 unspecified atom stereocenters. The van der Waals surface area contributed by atoms with Gasteiger partial charge in [-0.3, -0.25) is 0 Å². The van der Waals surface area contributed by atoms with E-state index in [1.54, 1.807) is 0 Å². The highest BCUT2D eigenvalue weighted by atomic mass is 14.2. The average Bonchev–Trinajstić information content (AvgIpc) is 1.80. The van der Waals surface area contributed by atoms with Crippen molar-refractivity contribution in [3.05, 3.63) is 0 Å². The van der Waals surface area contributed by atoms with Crippen molar-refractivity contribution in [3.63, 3.8) is 0 Å². The monoisotopic (exact) mass is 200 g/mol. The van der Waals surface area contributed by atoms with Gasteiger partial charge in [0.15, 0.2) is 0 Å². The highest BCUT2D eigenvalue weighted by Crippen LogP contribution is 2.23. The smallest absolute Gasteiger partial charge is 0.0380 e. The van der Waals surface area contributed by atoms with Gasteiger partial charge in [0.25, 0.3) is 0 Å². The molecule has 0 aliphatic carbocycles. The molecule has 0 atom stereocenters. The minimum atomic E-state index is 0.522. The maximum atomic E-state index is 2.28. The lowest BCUT2D eigenvalue weighted by molar-refractivity contribution is 0.320. The molecule has 0 spiro atoms. The summed E-state index contributed by atoms with van der Waals surface area (Å²) in [6.07, 6.45) is 4.03. The Morgan fingerprint density at radius 1 is 0.857 bits per heavy atom. The molecule has 0 heteroatoms. The molecule has 0 aliphatic rings. The van der Waals surface area contributed by atoms with Crippen molar-refractivity contribution in [2.75, 3.05) is 0 Å². The van der Waals surface area contributed by atoms with Crippen LogP contribution in [0.2, 0.25) is 0 Å². The van der Waals surface area contributed by atoms with Crippen LogP contribution in [0.3, 0.4) is 0 Å².